The lowest BCUT2D eigenvalue weighted by atomic mass is 9.90. The summed E-state index contributed by atoms with van der Waals surface area (Å²) < 4.78 is 27.8. The first-order valence-corrected chi connectivity index (χ1v) is 9.45. The van der Waals surface area contributed by atoms with Gasteiger partial charge < -0.3 is 0 Å². The third-order valence-corrected chi connectivity index (χ3v) is 5.43. The number of hydrogen-bond acceptors (Lipinski definition) is 4. The first kappa shape index (κ1) is 18.4. The number of nitrogens with zero attached hydrogens (tertiary/aromatic N) is 2. The number of anilines is 2. The number of fused-ring (bicyclic) bond motifs is 1. The predicted octanol–water partition coefficient (Wildman–Crippen LogP) is 4.02. The normalized spacial score (nSPS) is 23.2. The van der Waals surface area contributed by atoms with E-state index >= 15 is 0 Å². The molecule has 5 nitrogen and oxygen atoms in total. The highest BCUT2D eigenvalue weighted by atomic mass is 19.1. The summed E-state index contributed by atoms with van der Waals surface area (Å²) in [5.41, 5.74) is 1.16. The number of para-hydroxylation sites is 2. The third-order valence-electron chi connectivity index (χ3n) is 5.43. The maximum atomic E-state index is 14.3. The van der Waals surface area contributed by atoms with Crippen molar-refractivity contribution in [3.05, 3.63) is 96.1 Å². The average molecular weight is 406 g/mol. The highest BCUT2D eigenvalue weighted by Crippen LogP contribution is 2.47. The smallest absolute Gasteiger partial charge is 0.266 e. The second kappa shape index (κ2) is 7.03. The van der Waals surface area contributed by atoms with Crippen LogP contribution in [0, 0.1) is 17.6 Å². The molecular weight excluding hydrogens is 390 g/mol. The van der Waals surface area contributed by atoms with Crippen LogP contribution in [0.25, 0.3) is 0 Å². The molecule has 3 aromatic rings. The van der Waals surface area contributed by atoms with E-state index in [4.69, 9.17) is 4.84 Å². The second-order valence-corrected chi connectivity index (χ2v) is 7.17. The summed E-state index contributed by atoms with van der Waals surface area (Å²) in [7, 11) is 0. The van der Waals surface area contributed by atoms with E-state index in [1.54, 1.807) is 30.3 Å². The van der Waals surface area contributed by atoms with E-state index in [1.165, 1.54) is 35.4 Å². The summed E-state index contributed by atoms with van der Waals surface area (Å²) in [6.45, 7) is 0. The molecule has 3 aromatic carbocycles. The number of halogens is 2. The Bertz CT molecular complexity index is 1120. The van der Waals surface area contributed by atoms with Crippen LogP contribution in [-0.2, 0) is 14.4 Å². The molecule has 7 heteroatoms. The van der Waals surface area contributed by atoms with Crippen molar-refractivity contribution in [3.8, 4) is 0 Å². The Morgan fingerprint density at radius 3 is 2.13 bits per heavy atom. The van der Waals surface area contributed by atoms with E-state index in [0.29, 0.717) is 11.3 Å². The minimum Gasteiger partial charge on any atom is -0.273 e. The molecule has 0 aliphatic carbocycles. The number of carbonyl (C=O) groups is 2. The van der Waals surface area contributed by atoms with Gasteiger partial charge in [-0.2, -0.15) is 0 Å². The van der Waals surface area contributed by atoms with Crippen molar-refractivity contribution in [2.24, 2.45) is 5.92 Å². The number of rotatable bonds is 3. The van der Waals surface area contributed by atoms with Crippen LogP contribution in [-0.4, -0.2) is 17.9 Å². The highest BCUT2D eigenvalue weighted by molar-refractivity contribution is 6.24. The molecule has 0 bridgehead atoms. The molecule has 3 atom stereocenters. The molecule has 150 valence electrons. The molecule has 2 heterocycles. The fraction of sp³-hybridized carbons (Fsp3) is 0.130. The van der Waals surface area contributed by atoms with Gasteiger partial charge in [0.05, 0.1) is 17.4 Å². The quantitative estimate of drug-likeness (QED) is 0.617. The number of imide groups is 1. The number of carbonyl (C=O) groups excluding carboxylic acids is 2. The van der Waals surface area contributed by atoms with Gasteiger partial charge in [0.2, 0.25) is 5.91 Å². The Morgan fingerprint density at radius 2 is 1.43 bits per heavy atom. The van der Waals surface area contributed by atoms with Gasteiger partial charge in [-0.15, -0.1) is 0 Å². The van der Waals surface area contributed by atoms with Crippen LogP contribution >= 0.6 is 0 Å². The number of hydrogen-bond donors (Lipinski definition) is 0. The van der Waals surface area contributed by atoms with Crippen LogP contribution in [0.1, 0.15) is 11.6 Å². The van der Waals surface area contributed by atoms with Gasteiger partial charge in [0.1, 0.15) is 17.6 Å². The summed E-state index contributed by atoms with van der Waals surface area (Å²) in [5, 5.41) is 1.51. The van der Waals surface area contributed by atoms with Crippen molar-refractivity contribution in [1.29, 1.82) is 0 Å². The summed E-state index contributed by atoms with van der Waals surface area (Å²) in [6.07, 6.45) is -1.10. The van der Waals surface area contributed by atoms with E-state index in [2.05, 4.69) is 0 Å². The Morgan fingerprint density at radius 1 is 0.767 bits per heavy atom. The predicted molar refractivity (Wildman–Crippen MR) is 105 cm³/mol. The Kier molecular flexibility index (Phi) is 4.33. The largest absolute Gasteiger partial charge is 0.273 e. The van der Waals surface area contributed by atoms with Crippen LogP contribution < -0.4 is 9.96 Å². The standard InChI is InChI=1S/C23H16F2N2O3/c24-15-12-10-14(11-13-15)20-19-21(30-27(20)16-6-2-1-3-7-16)23(29)26(22(19)28)18-9-5-4-8-17(18)25/h1-13,19-21H/t19-,20-,21-/m1/s1. The van der Waals surface area contributed by atoms with Crippen LogP contribution in [0.2, 0.25) is 0 Å². The lowest BCUT2D eigenvalue weighted by Gasteiger charge is -2.28. The molecule has 0 saturated carbocycles. The van der Waals surface area contributed by atoms with Gasteiger partial charge in [0.25, 0.3) is 5.91 Å². The molecule has 0 spiro atoms. The monoisotopic (exact) mass is 406 g/mol. The molecule has 2 saturated heterocycles. The first-order chi connectivity index (χ1) is 14.6. The van der Waals surface area contributed by atoms with Gasteiger partial charge in [-0.1, -0.05) is 42.5 Å². The Labute approximate surface area is 171 Å². The maximum absolute atomic E-state index is 14.3. The van der Waals surface area contributed by atoms with E-state index in [9.17, 15) is 18.4 Å². The van der Waals surface area contributed by atoms with Crippen molar-refractivity contribution in [2.45, 2.75) is 12.1 Å². The van der Waals surface area contributed by atoms with Gasteiger partial charge in [0, 0.05) is 0 Å². The van der Waals surface area contributed by atoms with Gasteiger partial charge in [-0.3, -0.25) is 14.4 Å². The van der Waals surface area contributed by atoms with Gasteiger partial charge in [-0.25, -0.2) is 18.7 Å². The zero-order chi connectivity index (χ0) is 20.8. The van der Waals surface area contributed by atoms with Gasteiger partial charge in [0.15, 0.2) is 6.10 Å². The first-order valence-electron chi connectivity index (χ1n) is 9.45. The van der Waals surface area contributed by atoms with Gasteiger partial charge >= 0.3 is 0 Å². The summed E-state index contributed by atoms with van der Waals surface area (Å²) in [6, 6.07) is 19.7. The summed E-state index contributed by atoms with van der Waals surface area (Å²) >= 11 is 0. The fourth-order valence-corrected chi connectivity index (χ4v) is 4.08. The van der Waals surface area contributed by atoms with Crippen molar-refractivity contribution < 1.29 is 23.2 Å². The molecule has 0 radical (unpaired) electrons. The zero-order valence-corrected chi connectivity index (χ0v) is 15.6. The molecule has 0 N–H and O–H groups in total. The second-order valence-electron chi connectivity index (χ2n) is 7.17. The molecule has 0 aromatic heterocycles. The van der Waals surface area contributed by atoms with Crippen molar-refractivity contribution in [1.82, 2.24) is 0 Å². The minimum atomic E-state index is -1.10. The molecule has 2 amide bonds. The Hall–Kier alpha value is -3.58. The average Bonchev–Trinajstić information content (AvgIpc) is 3.26. The van der Waals surface area contributed by atoms with Crippen molar-refractivity contribution in [2.75, 3.05) is 9.96 Å². The fourth-order valence-electron chi connectivity index (χ4n) is 4.08. The number of benzene rings is 3. The van der Waals surface area contributed by atoms with E-state index < -0.39 is 41.5 Å². The van der Waals surface area contributed by atoms with E-state index in [0.717, 1.165) is 4.90 Å². The van der Waals surface area contributed by atoms with E-state index in [-0.39, 0.29) is 5.69 Å². The molecular formula is C23H16F2N2O3. The molecule has 30 heavy (non-hydrogen) atoms. The highest BCUT2D eigenvalue weighted by Gasteiger charge is 2.60. The third kappa shape index (κ3) is 2.78. The van der Waals surface area contributed by atoms with E-state index in [1.807, 2.05) is 18.2 Å². The van der Waals surface area contributed by atoms with Crippen LogP contribution in [0.15, 0.2) is 78.9 Å². The molecule has 5 rings (SSSR count). The SMILES string of the molecule is O=C1[C@@H]2[C@@H](c3ccc(F)cc3)N(c3ccccc3)O[C@H]2C(=O)N1c1ccccc1F. The summed E-state index contributed by atoms with van der Waals surface area (Å²) in [5.74, 6) is -3.16. The minimum absolute atomic E-state index is 0.102. The molecule has 0 unspecified atom stereocenters. The zero-order valence-electron chi connectivity index (χ0n) is 15.6. The number of hydroxylamine groups is 1. The number of amides is 2. The van der Waals surface area contributed by atoms with Crippen molar-refractivity contribution >= 4 is 23.2 Å². The van der Waals surface area contributed by atoms with Crippen LogP contribution in [0.5, 0.6) is 0 Å². The maximum Gasteiger partial charge on any atom is 0.266 e. The molecule has 2 aliphatic rings. The summed E-state index contributed by atoms with van der Waals surface area (Å²) in [4.78, 5) is 33.2. The topological polar surface area (TPSA) is 49.9 Å². The lowest BCUT2D eigenvalue weighted by Crippen LogP contribution is -2.37. The van der Waals surface area contributed by atoms with Gasteiger partial charge in [-0.05, 0) is 42.0 Å². The lowest BCUT2D eigenvalue weighted by molar-refractivity contribution is -0.126. The molecule has 2 fully saturated rings. The molecule has 2 aliphatic heterocycles. The Balaban J connectivity index is 1.60. The van der Waals surface area contributed by atoms with Crippen LogP contribution in [0.4, 0.5) is 20.2 Å². The van der Waals surface area contributed by atoms with Crippen molar-refractivity contribution in [3.63, 3.8) is 0 Å². The van der Waals surface area contributed by atoms with Crippen LogP contribution in [0.3, 0.4) is 0 Å².